The lowest BCUT2D eigenvalue weighted by molar-refractivity contribution is -0.137. The summed E-state index contributed by atoms with van der Waals surface area (Å²) < 4.78 is 63.7. The number of ether oxygens (including phenoxy) is 1. The lowest BCUT2D eigenvalue weighted by atomic mass is 9.98. The van der Waals surface area contributed by atoms with Crippen molar-refractivity contribution in [1.82, 2.24) is 10.1 Å². The number of benzene rings is 3. The van der Waals surface area contributed by atoms with Gasteiger partial charge in [-0.25, -0.2) is 9.18 Å². The van der Waals surface area contributed by atoms with Gasteiger partial charge in [0.15, 0.2) is 0 Å². The van der Waals surface area contributed by atoms with Crippen molar-refractivity contribution in [3.63, 3.8) is 0 Å². The molecule has 0 fully saturated rings. The molecule has 0 aliphatic heterocycles. The van der Waals surface area contributed by atoms with Gasteiger partial charge in [-0.1, -0.05) is 35.5 Å². The SMILES string of the molecule is COC(=O)c1ccc(-c2noc(-c3ccc(-c4ccccc4C(F)(F)F)cc3)n2)cc1F. The maximum absolute atomic E-state index is 14.2. The van der Waals surface area contributed by atoms with E-state index in [2.05, 4.69) is 14.9 Å². The topological polar surface area (TPSA) is 65.2 Å². The standard InChI is InChI=1S/C23H14F4N2O3/c1-31-22(30)17-11-10-15(12-19(17)24)20-28-21(32-29-20)14-8-6-13(7-9-14)16-4-2-3-5-18(16)23(25,26)27/h2-12H,1H3. The molecule has 0 aliphatic carbocycles. The zero-order valence-electron chi connectivity index (χ0n) is 16.5. The molecule has 0 bridgehead atoms. The molecule has 3 aromatic carbocycles. The fourth-order valence-electron chi connectivity index (χ4n) is 3.16. The van der Waals surface area contributed by atoms with Crippen LogP contribution >= 0.6 is 0 Å². The minimum atomic E-state index is -4.48. The average molecular weight is 442 g/mol. The summed E-state index contributed by atoms with van der Waals surface area (Å²) in [5.74, 6) is -1.42. The van der Waals surface area contributed by atoms with Gasteiger partial charge in [0.05, 0.1) is 18.2 Å². The molecular weight excluding hydrogens is 428 g/mol. The number of hydrogen-bond acceptors (Lipinski definition) is 5. The molecule has 0 atom stereocenters. The molecular formula is C23H14F4N2O3. The highest BCUT2D eigenvalue weighted by Gasteiger charge is 2.33. The second-order valence-corrected chi connectivity index (χ2v) is 6.73. The second kappa shape index (κ2) is 8.26. The Bertz CT molecular complexity index is 1280. The van der Waals surface area contributed by atoms with Crippen molar-refractivity contribution in [2.75, 3.05) is 7.11 Å². The Morgan fingerprint density at radius 1 is 0.938 bits per heavy atom. The summed E-state index contributed by atoms with van der Waals surface area (Å²) >= 11 is 0. The summed E-state index contributed by atoms with van der Waals surface area (Å²) in [6.07, 6.45) is -4.48. The molecule has 162 valence electrons. The number of rotatable bonds is 4. The molecule has 0 radical (unpaired) electrons. The summed E-state index contributed by atoms with van der Waals surface area (Å²) in [7, 11) is 1.15. The number of methoxy groups -OCH3 is 1. The molecule has 0 saturated carbocycles. The first kappa shape index (κ1) is 21.2. The van der Waals surface area contributed by atoms with Gasteiger partial charge in [-0.05, 0) is 47.5 Å². The Hall–Kier alpha value is -4.01. The van der Waals surface area contributed by atoms with E-state index in [1.807, 2.05) is 0 Å². The van der Waals surface area contributed by atoms with Gasteiger partial charge in [0.25, 0.3) is 5.89 Å². The van der Waals surface area contributed by atoms with Crippen LogP contribution in [0, 0.1) is 5.82 Å². The number of hydrogen-bond donors (Lipinski definition) is 0. The summed E-state index contributed by atoms with van der Waals surface area (Å²) in [6.45, 7) is 0. The first-order chi connectivity index (χ1) is 15.3. The molecule has 0 spiro atoms. The van der Waals surface area contributed by atoms with Gasteiger partial charge >= 0.3 is 12.1 Å². The summed E-state index contributed by atoms with van der Waals surface area (Å²) in [5, 5.41) is 3.81. The van der Waals surface area contributed by atoms with E-state index >= 15 is 0 Å². The molecule has 4 rings (SSSR count). The number of carbonyl (C=O) groups is 1. The van der Waals surface area contributed by atoms with E-state index in [0.717, 1.165) is 19.2 Å². The third-order valence-corrected chi connectivity index (χ3v) is 4.73. The minimum absolute atomic E-state index is 0.0546. The summed E-state index contributed by atoms with van der Waals surface area (Å²) in [4.78, 5) is 15.7. The molecule has 0 unspecified atom stereocenters. The van der Waals surface area contributed by atoms with Crippen LogP contribution in [0.2, 0.25) is 0 Å². The normalized spacial score (nSPS) is 11.4. The summed E-state index contributed by atoms with van der Waals surface area (Å²) in [6, 6.07) is 15.2. The Morgan fingerprint density at radius 3 is 2.25 bits per heavy atom. The molecule has 1 heterocycles. The number of esters is 1. The smallest absolute Gasteiger partial charge is 0.417 e. The van der Waals surface area contributed by atoms with Gasteiger partial charge in [-0.2, -0.15) is 18.2 Å². The Kier molecular flexibility index (Phi) is 5.48. The number of nitrogens with zero attached hydrogens (tertiary/aromatic N) is 2. The lowest BCUT2D eigenvalue weighted by Crippen LogP contribution is -2.06. The molecule has 5 nitrogen and oxygen atoms in total. The molecule has 9 heteroatoms. The van der Waals surface area contributed by atoms with Crippen LogP contribution in [0.4, 0.5) is 17.6 Å². The highest BCUT2D eigenvalue weighted by molar-refractivity contribution is 5.90. The van der Waals surface area contributed by atoms with Crippen molar-refractivity contribution in [3.8, 4) is 34.0 Å². The van der Waals surface area contributed by atoms with Crippen LogP contribution in [-0.2, 0) is 10.9 Å². The molecule has 0 aliphatic rings. The van der Waals surface area contributed by atoms with Crippen LogP contribution in [0.5, 0.6) is 0 Å². The fraction of sp³-hybridized carbons (Fsp3) is 0.0870. The molecule has 32 heavy (non-hydrogen) atoms. The first-order valence-electron chi connectivity index (χ1n) is 9.27. The minimum Gasteiger partial charge on any atom is -0.465 e. The number of carbonyl (C=O) groups excluding carboxylic acids is 1. The van der Waals surface area contributed by atoms with E-state index in [1.165, 1.54) is 42.5 Å². The van der Waals surface area contributed by atoms with E-state index in [-0.39, 0.29) is 28.4 Å². The molecule has 1 aromatic heterocycles. The highest BCUT2D eigenvalue weighted by Crippen LogP contribution is 2.37. The van der Waals surface area contributed by atoms with Crippen molar-refractivity contribution in [3.05, 3.63) is 83.7 Å². The monoisotopic (exact) mass is 442 g/mol. The van der Waals surface area contributed by atoms with Crippen LogP contribution in [0.25, 0.3) is 34.0 Å². The number of alkyl halides is 3. The Balaban J connectivity index is 1.61. The molecule has 0 saturated heterocycles. The predicted octanol–water partition coefficient (Wildman–Crippen LogP) is 6.02. The van der Waals surface area contributed by atoms with Crippen LogP contribution in [0.1, 0.15) is 15.9 Å². The van der Waals surface area contributed by atoms with Crippen LogP contribution < -0.4 is 0 Å². The van der Waals surface area contributed by atoms with E-state index in [1.54, 1.807) is 12.1 Å². The predicted molar refractivity (Wildman–Crippen MR) is 107 cm³/mol. The van der Waals surface area contributed by atoms with E-state index in [0.29, 0.717) is 11.1 Å². The van der Waals surface area contributed by atoms with Gasteiger partial charge in [0.1, 0.15) is 5.82 Å². The number of halogens is 4. The number of aromatic nitrogens is 2. The average Bonchev–Trinajstić information content (AvgIpc) is 3.28. The van der Waals surface area contributed by atoms with E-state index < -0.39 is 23.5 Å². The van der Waals surface area contributed by atoms with Gasteiger partial charge in [0, 0.05) is 11.1 Å². The van der Waals surface area contributed by atoms with Crippen molar-refractivity contribution in [2.45, 2.75) is 6.18 Å². The van der Waals surface area contributed by atoms with Crippen LogP contribution in [0.15, 0.2) is 71.3 Å². The van der Waals surface area contributed by atoms with Crippen molar-refractivity contribution in [1.29, 1.82) is 0 Å². The maximum Gasteiger partial charge on any atom is 0.417 e. The third kappa shape index (κ3) is 4.09. The van der Waals surface area contributed by atoms with Crippen LogP contribution in [0.3, 0.4) is 0 Å². The van der Waals surface area contributed by atoms with Gasteiger partial charge in [0.2, 0.25) is 5.82 Å². The summed E-state index contributed by atoms with van der Waals surface area (Å²) in [5.41, 5.74) is 0.227. The highest BCUT2D eigenvalue weighted by atomic mass is 19.4. The quantitative estimate of drug-likeness (QED) is 0.286. The van der Waals surface area contributed by atoms with Crippen molar-refractivity contribution < 1.29 is 31.6 Å². The van der Waals surface area contributed by atoms with Gasteiger partial charge < -0.3 is 9.26 Å². The molecule has 0 amide bonds. The van der Waals surface area contributed by atoms with E-state index in [9.17, 15) is 22.4 Å². The lowest BCUT2D eigenvalue weighted by Gasteiger charge is -2.12. The van der Waals surface area contributed by atoms with Crippen molar-refractivity contribution >= 4 is 5.97 Å². The fourth-order valence-corrected chi connectivity index (χ4v) is 3.16. The second-order valence-electron chi connectivity index (χ2n) is 6.73. The first-order valence-corrected chi connectivity index (χ1v) is 9.27. The van der Waals surface area contributed by atoms with E-state index in [4.69, 9.17) is 4.52 Å². The Morgan fingerprint density at radius 2 is 1.59 bits per heavy atom. The van der Waals surface area contributed by atoms with Crippen molar-refractivity contribution in [2.24, 2.45) is 0 Å². The van der Waals surface area contributed by atoms with Crippen LogP contribution in [-0.4, -0.2) is 23.2 Å². The molecule has 4 aromatic rings. The van der Waals surface area contributed by atoms with Gasteiger partial charge in [-0.15, -0.1) is 0 Å². The van der Waals surface area contributed by atoms with Gasteiger partial charge in [-0.3, -0.25) is 0 Å². The largest absolute Gasteiger partial charge is 0.465 e. The Labute approximate surface area is 179 Å². The maximum atomic E-state index is 14.2. The zero-order chi connectivity index (χ0) is 22.9. The zero-order valence-corrected chi connectivity index (χ0v) is 16.5. The third-order valence-electron chi connectivity index (χ3n) is 4.73. The molecule has 0 N–H and O–H groups in total.